The highest BCUT2D eigenvalue weighted by Gasteiger charge is 2.26. The van der Waals surface area contributed by atoms with E-state index in [1.54, 1.807) is 12.4 Å². The molecule has 28 heavy (non-hydrogen) atoms. The number of hydrogen-bond acceptors (Lipinski definition) is 5. The molecule has 1 aliphatic heterocycles. The fourth-order valence-corrected chi connectivity index (χ4v) is 3.52. The normalized spacial score (nSPS) is 16.0. The van der Waals surface area contributed by atoms with Crippen LogP contribution in [0.2, 0.25) is 0 Å². The number of H-pyrrole nitrogens is 1. The third kappa shape index (κ3) is 4.00. The number of rotatable bonds is 6. The SMILES string of the molecule is Cc1ccc([C@@H](CNC(=O)c2ccccc2-c2ncc[nH]2)N2CCOCC2)o1. The minimum atomic E-state index is -0.131. The number of hydrogen-bond donors (Lipinski definition) is 2. The van der Waals surface area contributed by atoms with E-state index in [1.807, 2.05) is 43.3 Å². The van der Waals surface area contributed by atoms with E-state index in [0.717, 1.165) is 30.2 Å². The Morgan fingerprint density at radius 1 is 1.25 bits per heavy atom. The first-order valence-electron chi connectivity index (χ1n) is 9.47. The maximum absolute atomic E-state index is 13.0. The highest BCUT2D eigenvalue weighted by molar-refractivity contribution is 6.00. The summed E-state index contributed by atoms with van der Waals surface area (Å²) >= 11 is 0. The number of amides is 1. The summed E-state index contributed by atoms with van der Waals surface area (Å²) in [6, 6.07) is 11.4. The van der Waals surface area contributed by atoms with E-state index in [4.69, 9.17) is 9.15 Å². The standard InChI is InChI=1S/C21H24N4O3/c1-15-6-7-19(28-15)18(25-10-12-27-13-11-25)14-24-21(26)17-5-3-2-4-16(17)20-22-8-9-23-20/h2-9,18H,10-14H2,1H3,(H,22,23)(H,24,26)/t18-/m1/s1. The Bertz CT molecular complexity index is 913. The summed E-state index contributed by atoms with van der Waals surface area (Å²) in [5.41, 5.74) is 1.37. The number of carbonyl (C=O) groups is 1. The average Bonchev–Trinajstić information content (AvgIpc) is 3.41. The molecule has 4 rings (SSSR count). The zero-order valence-electron chi connectivity index (χ0n) is 15.9. The minimum Gasteiger partial charge on any atom is -0.465 e. The molecule has 3 aromatic rings. The number of morpholine rings is 1. The van der Waals surface area contributed by atoms with Crippen molar-refractivity contribution >= 4 is 5.91 Å². The molecule has 1 atom stereocenters. The fourth-order valence-electron chi connectivity index (χ4n) is 3.52. The number of ether oxygens (including phenoxy) is 1. The van der Waals surface area contributed by atoms with Gasteiger partial charge < -0.3 is 19.5 Å². The first-order chi connectivity index (χ1) is 13.7. The molecular formula is C21H24N4O3. The smallest absolute Gasteiger partial charge is 0.252 e. The number of aromatic amines is 1. The van der Waals surface area contributed by atoms with Crippen molar-refractivity contribution in [1.29, 1.82) is 0 Å². The number of aromatic nitrogens is 2. The number of nitrogens with zero attached hydrogens (tertiary/aromatic N) is 2. The van der Waals surface area contributed by atoms with E-state index >= 15 is 0 Å². The Morgan fingerprint density at radius 2 is 2.07 bits per heavy atom. The molecule has 2 aromatic heterocycles. The largest absolute Gasteiger partial charge is 0.465 e. The van der Waals surface area contributed by atoms with Crippen LogP contribution in [0.3, 0.4) is 0 Å². The number of imidazole rings is 1. The van der Waals surface area contributed by atoms with Crippen LogP contribution < -0.4 is 5.32 Å². The third-order valence-electron chi connectivity index (χ3n) is 4.96. The van der Waals surface area contributed by atoms with Gasteiger partial charge in [-0.05, 0) is 25.1 Å². The average molecular weight is 380 g/mol. The molecule has 0 bridgehead atoms. The van der Waals surface area contributed by atoms with Gasteiger partial charge in [0.15, 0.2) is 0 Å². The van der Waals surface area contributed by atoms with Crippen LogP contribution in [-0.2, 0) is 4.74 Å². The van der Waals surface area contributed by atoms with E-state index in [2.05, 4.69) is 20.2 Å². The molecular weight excluding hydrogens is 356 g/mol. The van der Waals surface area contributed by atoms with E-state index < -0.39 is 0 Å². The van der Waals surface area contributed by atoms with Crippen LogP contribution in [0.15, 0.2) is 53.2 Å². The van der Waals surface area contributed by atoms with Gasteiger partial charge in [0.25, 0.3) is 5.91 Å². The predicted molar refractivity (Wildman–Crippen MR) is 105 cm³/mol. The lowest BCUT2D eigenvalue weighted by atomic mass is 10.1. The van der Waals surface area contributed by atoms with E-state index in [1.165, 1.54) is 0 Å². The topological polar surface area (TPSA) is 83.4 Å². The molecule has 1 amide bonds. The van der Waals surface area contributed by atoms with Crippen molar-refractivity contribution in [2.75, 3.05) is 32.8 Å². The maximum Gasteiger partial charge on any atom is 0.252 e. The van der Waals surface area contributed by atoms with Gasteiger partial charge in [-0.3, -0.25) is 9.69 Å². The highest BCUT2D eigenvalue weighted by atomic mass is 16.5. The molecule has 1 saturated heterocycles. The van der Waals surface area contributed by atoms with Gasteiger partial charge in [0, 0.05) is 37.6 Å². The number of carbonyl (C=O) groups excluding carboxylic acids is 1. The molecule has 1 fully saturated rings. The van der Waals surface area contributed by atoms with Crippen molar-refractivity contribution in [3.05, 3.63) is 65.9 Å². The molecule has 1 aromatic carbocycles. The van der Waals surface area contributed by atoms with Gasteiger partial charge in [-0.25, -0.2) is 4.98 Å². The van der Waals surface area contributed by atoms with Gasteiger partial charge >= 0.3 is 0 Å². The fraction of sp³-hybridized carbons (Fsp3) is 0.333. The van der Waals surface area contributed by atoms with Crippen molar-refractivity contribution in [3.8, 4) is 11.4 Å². The Labute approximate surface area is 163 Å². The lowest BCUT2D eigenvalue weighted by Gasteiger charge is -2.33. The van der Waals surface area contributed by atoms with Gasteiger partial charge in [-0.1, -0.05) is 18.2 Å². The van der Waals surface area contributed by atoms with Gasteiger partial charge in [0.1, 0.15) is 17.3 Å². The number of furan rings is 1. The monoisotopic (exact) mass is 380 g/mol. The van der Waals surface area contributed by atoms with Crippen LogP contribution >= 0.6 is 0 Å². The molecule has 0 spiro atoms. The summed E-state index contributed by atoms with van der Waals surface area (Å²) in [5, 5.41) is 3.08. The Morgan fingerprint density at radius 3 is 2.79 bits per heavy atom. The van der Waals surface area contributed by atoms with Crippen LogP contribution in [0.25, 0.3) is 11.4 Å². The van der Waals surface area contributed by atoms with E-state index in [-0.39, 0.29) is 11.9 Å². The van der Waals surface area contributed by atoms with Crippen LogP contribution in [-0.4, -0.2) is 53.6 Å². The summed E-state index contributed by atoms with van der Waals surface area (Å²) in [6.45, 7) is 5.37. The molecule has 2 N–H and O–H groups in total. The quantitative estimate of drug-likeness (QED) is 0.687. The van der Waals surface area contributed by atoms with Crippen molar-refractivity contribution < 1.29 is 13.9 Å². The van der Waals surface area contributed by atoms with Crippen LogP contribution in [0.1, 0.15) is 27.9 Å². The second-order valence-electron chi connectivity index (χ2n) is 6.81. The molecule has 0 saturated carbocycles. The lowest BCUT2D eigenvalue weighted by molar-refractivity contribution is 0.0117. The molecule has 0 radical (unpaired) electrons. The van der Waals surface area contributed by atoms with E-state index in [9.17, 15) is 4.79 Å². The van der Waals surface area contributed by atoms with Crippen molar-refractivity contribution in [1.82, 2.24) is 20.2 Å². The Hall–Kier alpha value is -2.90. The van der Waals surface area contributed by atoms with Gasteiger partial charge in [-0.15, -0.1) is 0 Å². The first-order valence-corrected chi connectivity index (χ1v) is 9.47. The van der Waals surface area contributed by atoms with Crippen LogP contribution in [0, 0.1) is 6.92 Å². The Balaban J connectivity index is 1.52. The first kappa shape index (κ1) is 18.5. The van der Waals surface area contributed by atoms with Gasteiger partial charge in [0.2, 0.25) is 0 Å². The van der Waals surface area contributed by atoms with Crippen molar-refractivity contribution in [2.45, 2.75) is 13.0 Å². The summed E-state index contributed by atoms with van der Waals surface area (Å²) in [4.78, 5) is 22.6. The van der Waals surface area contributed by atoms with E-state index in [0.29, 0.717) is 31.1 Å². The molecule has 1 aliphatic rings. The van der Waals surface area contributed by atoms with Gasteiger partial charge in [0.05, 0.1) is 24.8 Å². The van der Waals surface area contributed by atoms with Crippen LogP contribution in [0.5, 0.6) is 0 Å². The molecule has 146 valence electrons. The summed E-state index contributed by atoms with van der Waals surface area (Å²) < 4.78 is 11.3. The second-order valence-corrected chi connectivity index (χ2v) is 6.81. The number of aryl methyl sites for hydroxylation is 1. The summed E-state index contributed by atoms with van der Waals surface area (Å²) in [7, 11) is 0. The zero-order chi connectivity index (χ0) is 19.3. The molecule has 7 nitrogen and oxygen atoms in total. The Kier molecular flexibility index (Phi) is 5.55. The highest BCUT2D eigenvalue weighted by Crippen LogP contribution is 2.24. The number of benzene rings is 1. The zero-order valence-corrected chi connectivity index (χ0v) is 15.9. The number of nitrogens with one attached hydrogen (secondary N) is 2. The third-order valence-corrected chi connectivity index (χ3v) is 4.96. The van der Waals surface area contributed by atoms with Crippen LogP contribution in [0.4, 0.5) is 0 Å². The maximum atomic E-state index is 13.0. The van der Waals surface area contributed by atoms with Crippen molar-refractivity contribution in [2.24, 2.45) is 0 Å². The second kappa shape index (κ2) is 8.41. The lowest BCUT2D eigenvalue weighted by Crippen LogP contribution is -2.43. The summed E-state index contributed by atoms with van der Waals surface area (Å²) in [6.07, 6.45) is 3.43. The molecule has 0 aliphatic carbocycles. The summed E-state index contributed by atoms with van der Waals surface area (Å²) in [5.74, 6) is 2.27. The van der Waals surface area contributed by atoms with Crippen molar-refractivity contribution in [3.63, 3.8) is 0 Å². The molecule has 7 heteroatoms. The molecule has 0 unspecified atom stereocenters. The van der Waals surface area contributed by atoms with Gasteiger partial charge in [-0.2, -0.15) is 0 Å². The molecule has 3 heterocycles. The predicted octanol–water partition coefficient (Wildman–Crippen LogP) is 2.78. The minimum absolute atomic E-state index is 0.0303.